The molecule has 0 unspecified atom stereocenters. The molecule has 0 saturated heterocycles. The van der Waals surface area contributed by atoms with E-state index in [1.807, 2.05) is 0 Å². The van der Waals surface area contributed by atoms with Gasteiger partial charge >= 0.3 is 6.03 Å². The first-order valence-corrected chi connectivity index (χ1v) is 6.87. The first-order chi connectivity index (χ1) is 10.8. The number of urea groups is 1. The van der Waals surface area contributed by atoms with Gasteiger partial charge in [-0.2, -0.15) is 0 Å². The summed E-state index contributed by atoms with van der Waals surface area (Å²) in [6.07, 6.45) is 8.33. The second-order valence-corrected chi connectivity index (χ2v) is 4.21. The molecule has 7 nitrogen and oxygen atoms in total. The molecule has 1 aromatic rings. The third kappa shape index (κ3) is 8.21. The van der Waals surface area contributed by atoms with Gasteiger partial charge in [0.1, 0.15) is 0 Å². The van der Waals surface area contributed by atoms with Crippen LogP contribution < -0.4 is 10.6 Å². The first-order valence-electron chi connectivity index (χ1n) is 6.87. The number of methoxy groups -OCH3 is 1. The molecule has 0 aliphatic heterocycles. The van der Waals surface area contributed by atoms with Crippen LogP contribution in [0.1, 0.15) is 5.56 Å². The lowest BCUT2D eigenvalue weighted by molar-refractivity contribution is 0.0260. The summed E-state index contributed by atoms with van der Waals surface area (Å²) in [6.45, 7) is 2.89. The minimum atomic E-state index is -0.337. The van der Waals surface area contributed by atoms with Crippen molar-refractivity contribution in [1.29, 1.82) is 0 Å². The van der Waals surface area contributed by atoms with Gasteiger partial charge in [-0.05, 0) is 6.07 Å². The quantitative estimate of drug-likeness (QED) is 0.495. The zero-order valence-electron chi connectivity index (χ0n) is 12.6. The molecule has 0 atom stereocenters. The van der Waals surface area contributed by atoms with E-state index in [2.05, 4.69) is 21.5 Å². The van der Waals surface area contributed by atoms with Crippen LogP contribution in [-0.2, 0) is 14.2 Å². The van der Waals surface area contributed by atoms with E-state index in [9.17, 15) is 4.79 Å². The second-order valence-electron chi connectivity index (χ2n) is 4.21. The van der Waals surface area contributed by atoms with E-state index in [1.54, 1.807) is 19.4 Å². The van der Waals surface area contributed by atoms with Crippen molar-refractivity contribution in [2.45, 2.75) is 0 Å². The van der Waals surface area contributed by atoms with Crippen molar-refractivity contribution in [3.63, 3.8) is 0 Å². The maximum atomic E-state index is 11.6. The van der Waals surface area contributed by atoms with Crippen molar-refractivity contribution in [3.8, 4) is 12.3 Å². The Morgan fingerprint density at radius 1 is 1.23 bits per heavy atom. The Morgan fingerprint density at radius 3 is 2.68 bits per heavy atom. The smallest absolute Gasteiger partial charge is 0.319 e. The maximum absolute atomic E-state index is 11.6. The molecule has 0 spiro atoms. The monoisotopic (exact) mass is 307 g/mol. The minimum absolute atomic E-state index is 0.337. The summed E-state index contributed by atoms with van der Waals surface area (Å²) in [7, 11) is 1.62. The molecule has 7 heteroatoms. The molecule has 22 heavy (non-hydrogen) atoms. The van der Waals surface area contributed by atoms with Crippen molar-refractivity contribution in [2.24, 2.45) is 0 Å². The van der Waals surface area contributed by atoms with Gasteiger partial charge in [0.05, 0.1) is 44.9 Å². The number of anilines is 1. The molecule has 2 N–H and O–H groups in total. The lowest BCUT2D eigenvalue weighted by Crippen LogP contribution is -2.31. The topological polar surface area (TPSA) is 81.7 Å². The number of nitrogens with one attached hydrogen (secondary N) is 2. The largest absolute Gasteiger partial charge is 0.382 e. The van der Waals surface area contributed by atoms with E-state index in [0.29, 0.717) is 50.8 Å². The Hall–Kier alpha value is -2.14. The molecule has 0 radical (unpaired) electrons. The van der Waals surface area contributed by atoms with Gasteiger partial charge in [-0.25, -0.2) is 4.79 Å². The van der Waals surface area contributed by atoms with Gasteiger partial charge in [-0.1, -0.05) is 5.92 Å². The third-order valence-electron chi connectivity index (χ3n) is 2.50. The number of nitrogens with zero attached hydrogens (tertiary/aromatic N) is 1. The van der Waals surface area contributed by atoms with Gasteiger partial charge in [-0.3, -0.25) is 4.98 Å². The van der Waals surface area contributed by atoms with Crippen LogP contribution in [0.15, 0.2) is 18.5 Å². The summed E-state index contributed by atoms with van der Waals surface area (Å²) in [4.78, 5) is 15.6. The lowest BCUT2D eigenvalue weighted by atomic mass is 10.3. The van der Waals surface area contributed by atoms with Gasteiger partial charge in [0.25, 0.3) is 0 Å². The Kier molecular flexibility index (Phi) is 9.37. The Morgan fingerprint density at radius 2 is 1.95 bits per heavy atom. The number of ether oxygens (including phenoxy) is 3. The highest BCUT2D eigenvalue weighted by Gasteiger charge is 2.01. The highest BCUT2D eigenvalue weighted by molar-refractivity contribution is 5.89. The highest BCUT2D eigenvalue weighted by atomic mass is 16.5. The number of pyridine rings is 1. The molecular weight excluding hydrogens is 286 g/mol. The Balaban J connectivity index is 2.05. The predicted molar refractivity (Wildman–Crippen MR) is 82.7 cm³/mol. The molecule has 0 bridgehead atoms. The molecule has 0 saturated carbocycles. The van der Waals surface area contributed by atoms with Crippen LogP contribution >= 0.6 is 0 Å². The van der Waals surface area contributed by atoms with E-state index in [0.717, 1.165) is 0 Å². The van der Waals surface area contributed by atoms with E-state index in [-0.39, 0.29) is 6.03 Å². The summed E-state index contributed by atoms with van der Waals surface area (Å²) in [6, 6.07) is 1.33. The lowest BCUT2D eigenvalue weighted by Gasteiger charge is -2.08. The van der Waals surface area contributed by atoms with Crippen molar-refractivity contribution in [1.82, 2.24) is 10.3 Å². The summed E-state index contributed by atoms with van der Waals surface area (Å²) in [5.74, 6) is 2.45. The summed E-state index contributed by atoms with van der Waals surface area (Å²) in [5, 5.41) is 5.30. The number of terminal acetylenes is 1. The standard InChI is InChI=1S/C15H21N3O4/c1-3-13-10-14(12-16-11-13)18-15(19)17-4-5-21-8-9-22-7-6-20-2/h1,10-12H,4-9H2,2H3,(H2,17,18,19). The zero-order chi connectivity index (χ0) is 16.0. The Labute approximate surface area is 130 Å². The SMILES string of the molecule is C#Cc1cncc(NC(=O)NCCOCCOCCOC)c1. The normalized spacial score (nSPS) is 10.0. The van der Waals surface area contributed by atoms with Crippen LogP contribution in [-0.4, -0.2) is 57.7 Å². The first kappa shape index (κ1) is 17.9. The molecule has 120 valence electrons. The fourth-order valence-electron chi connectivity index (χ4n) is 1.46. The van der Waals surface area contributed by atoms with Crippen molar-refractivity contribution >= 4 is 11.7 Å². The highest BCUT2D eigenvalue weighted by Crippen LogP contribution is 2.06. The van der Waals surface area contributed by atoms with Crippen LogP contribution in [0.5, 0.6) is 0 Å². The predicted octanol–water partition coefficient (Wildman–Crippen LogP) is 0.864. The van der Waals surface area contributed by atoms with Crippen molar-refractivity contribution < 1.29 is 19.0 Å². The van der Waals surface area contributed by atoms with E-state index in [4.69, 9.17) is 20.6 Å². The molecule has 0 fully saturated rings. The minimum Gasteiger partial charge on any atom is -0.382 e. The van der Waals surface area contributed by atoms with Gasteiger partial charge in [-0.15, -0.1) is 6.42 Å². The van der Waals surface area contributed by atoms with Crippen LogP contribution in [0.25, 0.3) is 0 Å². The van der Waals surface area contributed by atoms with Gasteiger partial charge in [0.15, 0.2) is 0 Å². The molecule has 1 aromatic heterocycles. The average molecular weight is 307 g/mol. The molecule has 0 aliphatic carbocycles. The Bertz CT molecular complexity index is 488. The van der Waals surface area contributed by atoms with Gasteiger partial charge in [0.2, 0.25) is 0 Å². The number of rotatable bonds is 10. The summed E-state index contributed by atoms with van der Waals surface area (Å²) >= 11 is 0. The fourth-order valence-corrected chi connectivity index (χ4v) is 1.46. The molecule has 1 rings (SSSR count). The van der Waals surface area contributed by atoms with Crippen molar-refractivity contribution in [3.05, 3.63) is 24.0 Å². The second kappa shape index (κ2) is 11.5. The number of aromatic nitrogens is 1. The van der Waals surface area contributed by atoms with Gasteiger partial charge < -0.3 is 24.8 Å². The summed E-state index contributed by atoms with van der Waals surface area (Å²) in [5.41, 5.74) is 1.15. The van der Waals surface area contributed by atoms with Crippen LogP contribution in [0.4, 0.5) is 10.5 Å². The van der Waals surface area contributed by atoms with E-state index in [1.165, 1.54) is 6.20 Å². The third-order valence-corrected chi connectivity index (χ3v) is 2.50. The zero-order valence-corrected chi connectivity index (χ0v) is 12.6. The number of amides is 2. The molecular formula is C15H21N3O4. The number of hydrogen-bond acceptors (Lipinski definition) is 5. The number of carbonyl (C=O) groups excluding carboxylic acids is 1. The average Bonchev–Trinajstić information content (AvgIpc) is 2.53. The van der Waals surface area contributed by atoms with Crippen LogP contribution in [0, 0.1) is 12.3 Å². The van der Waals surface area contributed by atoms with Crippen LogP contribution in [0.3, 0.4) is 0 Å². The van der Waals surface area contributed by atoms with Crippen LogP contribution in [0.2, 0.25) is 0 Å². The maximum Gasteiger partial charge on any atom is 0.319 e. The molecule has 0 aliphatic rings. The summed E-state index contributed by atoms with van der Waals surface area (Å²) < 4.78 is 15.4. The number of hydrogen-bond donors (Lipinski definition) is 2. The van der Waals surface area contributed by atoms with Crippen molar-refractivity contribution in [2.75, 3.05) is 52.0 Å². The molecule has 2 amide bonds. The van der Waals surface area contributed by atoms with E-state index >= 15 is 0 Å². The van der Waals surface area contributed by atoms with Gasteiger partial charge in [0, 0.05) is 25.4 Å². The molecule has 0 aromatic carbocycles. The fraction of sp³-hybridized carbons (Fsp3) is 0.467. The number of carbonyl (C=O) groups is 1. The molecule has 1 heterocycles. The van der Waals surface area contributed by atoms with E-state index < -0.39 is 0 Å².